The van der Waals surface area contributed by atoms with Crippen LogP contribution in [-0.2, 0) is 14.3 Å². The number of rotatable bonds is 6. The Morgan fingerprint density at radius 1 is 1.31 bits per heavy atom. The van der Waals surface area contributed by atoms with Crippen LogP contribution in [0.1, 0.15) is 27.2 Å². The fourth-order valence-electron chi connectivity index (χ4n) is 4.80. The Bertz CT molecular complexity index is 1170. The smallest absolute Gasteiger partial charge is 0.408 e. The van der Waals surface area contributed by atoms with Crippen LogP contribution in [0.3, 0.4) is 0 Å². The molecular formula is C24H30F3N7O5. The molecule has 3 N–H and O–H groups in total. The molecule has 12 nitrogen and oxygen atoms in total. The van der Waals surface area contributed by atoms with Gasteiger partial charge in [0.2, 0.25) is 11.8 Å². The SMILES string of the molecule is C[C@@H](NC(=O)C1C=CC2=C(N1)N(C(=O)Nc1ccc(OC[C@H]3COC(C)(C)O3)nn1)[C@H]1CCN2C1)C(F)(F)F. The lowest BCUT2D eigenvalue weighted by atomic mass is 10.1. The second-order valence-electron chi connectivity index (χ2n) is 10.2. The molecule has 1 unspecified atom stereocenters. The predicted molar refractivity (Wildman–Crippen MR) is 130 cm³/mol. The maximum Gasteiger partial charge on any atom is 0.408 e. The first kappa shape index (κ1) is 27.0. The number of alkyl halides is 3. The number of aromatic nitrogens is 2. The Balaban J connectivity index is 1.23. The van der Waals surface area contributed by atoms with Gasteiger partial charge < -0.3 is 29.7 Å². The van der Waals surface area contributed by atoms with Gasteiger partial charge in [0.05, 0.1) is 18.3 Å². The van der Waals surface area contributed by atoms with Crippen molar-refractivity contribution in [3.8, 4) is 5.88 Å². The maximum absolute atomic E-state index is 13.4. The molecule has 5 heterocycles. The number of hydrogen-bond donors (Lipinski definition) is 3. The first-order chi connectivity index (χ1) is 18.4. The zero-order valence-electron chi connectivity index (χ0n) is 21.6. The van der Waals surface area contributed by atoms with Crippen molar-refractivity contribution in [2.75, 3.05) is 31.6 Å². The van der Waals surface area contributed by atoms with Gasteiger partial charge in [0.1, 0.15) is 30.6 Å². The van der Waals surface area contributed by atoms with Gasteiger partial charge in [-0.25, -0.2) is 4.79 Å². The largest absolute Gasteiger partial charge is 0.474 e. The molecule has 15 heteroatoms. The Morgan fingerprint density at radius 3 is 2.77 bits per heavy atom. The highest BCUT2D eigenvalue weighted by molar-refractivity contribution is 5.91. The Labute approximate surface area is 222 Å². The van der Waals surface area contributed by atoms with Crippen molar-refractivity contribution >= 4 is 17.8 Å². The Kier molecular flexibility index (Phi) is 7.05. The van der Waals surface area contributed by atoms with Crippen molar-refractivity contribution in [2.24, 2.45) is 0 Å². The van der Waals surface area contributed by atoms with E-state index in [0.29, 0.717) is 37.6 Å². The molecule has 0 saturated carbocycles. The highest BCUT2D eigenvalue weighted by atomic mass is 19.4. The van der Waals surface area contributed by atoms with Crippen LogP contribution in [0.15, 0.2) is 35.8 Å². The summed E-state index contributed by atoms with van der Waals surface area (Å²) in [6.07, 6.45) is -0.993. The van der Waals surface area contributed by atoms with Gasteiger partial charge in [0.25, 0.3) is 0 Å². The maximum atomic E-state index is 13.4. The lowest BCUT2D eigenvalue weighted by molar-refractivity contribution is -0.158. The van der Waals surface area contributed by atoms with Crippen molar-refractivity contribution in [2.45, 2.75) is 63.4 Å². The Hall–Kier alpha value is -3.59. The third kappa shape index (κ3) is 5.88. The third-order valence-corrected chi connectivity index (χ3v) is 6.80. The van der Waals surface area contributed by atoms with E-state index in [0.717, 1.165) is 6.92 Å². The minimum Gasteiger partial charge on any atom is -0.474 e. The predicted octanol–water partition coefficient (Wildman–Crippen LogP) is 1.69. The summed E-state index contributed by atoms with van der Waals surface area (Å²) >= 11 is 0. The molecule has 4 aliphatic rings. The van der Waals surface area contributed by atoms with Crippen LogP contribution in [0.2, 0.25) is 0 Å². The number of dihydropyridines is 1. The molecule has 0 aliphatic carbocycles. The van der Waals surface area contributed by atoms with E-state index in [1.54, 1.807) is 18.2 Å². The Morgan fingerprint density at radius 2 is 2.10 bits per heavy atom. The second kappa shape index (κ2) is 10.2. The van der Waals surface area contributed by atoms with Crippen LogP contribution in [0.5, 0.6) is 5.88 Å². The van der Waals surface area contributed by atoms with E-state index in [1.165, 1.54) is 11.0 Å². The van der Waals surface area contributed by atoms with Crippen molar-refractivity contribution in [1.29, 1.82) is 0 Å². The monoisotopic (exact) mass is 553 g/mol. The van der Waals surface area contributed by atoms with Gasteiger partial charge in [0.15, 0.2) is 11.6 Å². The van der Waals surface area contributed by atoms with Gasteiger partial charge in [-0.15, -0.1) is 10.2 Å². The minimum absolute atomic E-state index is 0.177. The molecule has 2 saturated heterocycles. The number of hydrogen-bond acceptors (Lipinski definition) is 9. The molecule has 5 rings (SSSR count). The van der Waals surface area contributed by atoms with Crippen LogP contribution in [0.25, 0.3) is 0 Å². The van der Waals surface area contributed by atoms with Crippen LogP contribution in [-0.4, -0.2) is 94.4 Å². The van der Waals surface area contributed by atoms with Gasteiger partial charge in [-0.3, -0.25) is 15.0 Å². The fraction of sp³-hybridized carbons (Fsp3) is 0.583. The van der Waals surface area contributed by atoms with Crippen molar-refractivity contribution in [3.63, 3.8) is 0 Å². The number of allylic oxidation sites excluding steroid dienone is 1. The van der Waals surface area contributed by atoms with Crippen LogP contribution in [0.4, 0.5) is 23.8 Å². The molecule has 39 heavy (non-hydrogen) atoms. The van der Waals surface area contributed by atoms with Crippen LogP contribution >= 0.6 is 0 Å². The van der Waals surface area contributed by atoms with E-state index in [-0.39, 0.29) is 30.5 Å². The van der Waals surface area contributed by atoms with E-state index in [2.05, 4.69) is 25.7 Å². The summed E-state index contributed by atoms with van der Waals surface area (Å²) in [5, 5.41) is 15.6. The van der Waals surface area contributed by atoms with Gasteiger partial charge >= 0.3 is 12.2 Å². The van der Waals surface area contributed by atoms with E-state index in [9.17, 15) is 22.8 Å². The quantitative estimate of drug-likeness (QED) is 0.482. The number of halogens is 3. The molecular weight excluding hydrogens is 523 g/mol. The number of fused-ring (bicyclic) bond motifs is 3. The summed E-state index contributed by atoms with van der Waals surface area (Å²) in [5.41, 5.74) is 0.683. The standard InChI is InChI=1S/C24H30F3N7O5/c1-13(24(25,26)27)28-21(35)16-4-5-17-20(29-16)34(14-8-9-33(17)10-14)22(36)30-18-6-7-19(32-31-18)37-11-15-12-38-23(2,3)39-15/h4-7,13-16,29H,8-12H2,1-3H3,(H,28,35)(H,30,31,36)/t13-,14+,15+,16?/m1/s1. The van der Waals surface area contributed by atoms with Crippen molar-refractivity contribution < 1.29 is 37.0 Å². The fourth-order valence-corrected chi connectivity index (χ4v) is 4.80. The summed E-state index contributed by atoms with van der Waals surface area (Å²) in [5.74, 6) is -0.746. The molecule has 1 aromatic heterocycles. The van der Waals surface area contributed by atoms with E-state index in [4.69, 9.17) is 14.2 Å². The van der Waals surface area contributed by atoms with Crippen LogP contribution in [0, 0.1) is 0 Å². The summed E-state index contributed by atoms with van der Waals surface area (Å²) in [7, 11) is 0. The van der Waals surface area contributed by atoms with Gasteiger partial charge in [0, 0.05) is 19.2 Å². The highest BCUT2D eigenvalue weighted by Crippen LogP contribution is 2.33. The number of ether oxygens (including phenoxy) is 3. The molecule has 4 aliphatic heterocycles. The zero-order chi connectivity index (χ0) is 27.9. The van der Waals surface area contributed by atoms with E-state index < -0.39 is 36.0 Å². The molecule has 1 aromatic rings. The lowest BCUT2D eigenvalue weighted by Gasteiger charge is -2.40. The minimum atomic E-state index is -4.57. The number of anilines is 1. The average molecular weight is 554 g/mol. The van der Waals surface area contributed by atoms with E-state index >= 15 is 0 Å². The molecule has 0 radical (unpaired) electrons. The number of carbonyl (C=O) groups excluding carboxylic acids is 2. The normalized spacial score (nSPS) is 26.2. The number of carbonyl (C=O) groups is 2. The van der Waals surface area contributed by atoms with Crippen molar-refractivity contribution in [1.82, 2.24) is 30.6 Å². The van der Waals surface area contributed by atoms with Gasteiger partial charge in [-0.2, -0.15) is 13.2 Å². The van der Waals surface area contributed by atoms with E-state index in [1.807, 2.05) is 19.2 Å². The summed E-state index contributed by atoms with van der Waals surface area (Å²) in [6, 6.07) is -0.711. The number of amides is 3. The molecule has 212 valence electrons. The third-order valence-electron chi connectivity index (χ3n) is 6.80. The zero-order valence-corrected chi connectivity index (χ0v) is 21.6. The van der Waals surface area contributed by atoms with Crippen LogP contribution < -0.4 is 20.7 Å². The van der Waals surface area contributed by atoms with Crippen molar-refractivity contribution in [3.05, 3.63) is 35.8 Å². The molecule has 0 aromatic carbocycles. The molecule has 3 amide bonds. The average Bonchev–Trinajstić information content (AvgIpc) is 3.45. The second-order valence-corrected chi connectivity index (χ2v) is 10.2. The summed E-state index contributed by atoms with van der Waals surface area (Å²) < 4.78 is 55.6. The lowest BCUT2D eigenvalue weighted by Crippen LogP contribution is -2.57. The number of nitrogens with one attached hydrogen (secondary N) is 3. The molecule has 0 spiro atoms. The first-order valence-corrected chi connectivity index (χ1v) is 12.6. The first-order valence-electron chi connectivity index (χ1n) is 12.6. The van der Waals surface area contributed by atoms with Gasteiger partial charge in [-0.05, 0) is 39.3 Å². The molecule has 4 atom stereocenters. The number of nitrogens with zero attached hydrogens (tertiary/aromatic N) is 4. The highest BCUT2D eigenvalue weighted by Gasteiger charge is 2.44. The number of urea groups is 1. The molecule has 2 bridgehead atoms. The summed E-state index contributed by atoms with van der Waals surface area (Å²) in [4.78, 5) is 29.5. The van der Waals surface area contributed by atoms with Gasteiger partial charge in [-0.1, -0.05) is 6.08 Å². The summed E-state index contributed by atoms with van der Waals surface area (Å²) in [6.45, 7) is 6.41. The molecule has 2 fully saturated rings. The topological polar surface area (TPSA) is 130 Å².